The first-order valence-corrected chi connectivity index (χ1v) is 7.94. The summed E-state index contributed by atoms with van der Waals surface area (Å²) in [5.74, 6) is 0.219. The monoisotopic (exact) mass is 396 g/mol. The van der Waals surface area contributed by atoms with Gasteiger partial charge in [0.2, 0.25) is 0 Å². The number of ether oxygens (including phenoxy) is 1. The SMILES string of the molecule is O=c1c2ccc(F)cc2ncn1CCOc1ccc(Cl)cc1Br. The van der Waals surface area contributed by atoms with Gasteiger partial charge < -0.3 is 4.74 Å². The van der Waals surface area contributed by atoms with Crippen molar-refractivity contribution in [2.24, 2.45) is 0 Å². The minimum absolute atomic E-state index is 0.228. The van der Waals surface area contributed by atoms with Gasteiger partial charge in [-0.3, -0.25) is 9.36 Å². The smallest absolute Gasteiger partial charge is 0.261 e. The van der Waals surface area contributed by atoms with Gasteiger partial charge in [0.25, 0.3) is 5.56 Å². The highest BCUT2D eigenvalue weighted by molar-refractivity contribution is 9.10. The van der Waals surface area contributed by atoms with Crippen molar-refractivity contribution in [2.45, 2.75) is 6.54 Å². The fourth-order valence-corrected chi connectivity index (χ4v) is 2.93. The third kappa shape index (κ3) is 3.54. The standard InChI is InChI=1S/C16H11BrClFN2O2/c17-13-7-10(18)1-4-15(13)23-6-5-21-9-20-14-8-11(19)2-3-12(14)16(21)22/h1-4,7-9H,5-6H2. The van der Waals surface area contributed by atoms with E-state index >= 15 is 0 Å². The Morgan fingerprint density at radius 3 is 2.87 bits per heavy atom. The number of hydrogen-bond acceptors (Lipinski definition) is 3. The summed E-state index contributed by atoms with van der Waals surface area (Å²) in [6, 6.07) is 9.12. The van der Waals surface area contributed by atoms with E-state index in [-0.39, 0.29) is 12.2 Å². The summed E-state index contributed by atoms with van der Waals surface area (Å²) < 4.78 is 20.9. The molecule has 23 heavy (non-hydrogen) atoms. The fraction of sp³-hybridized carbons (Fsp3) is 0.125. The zero-order valence-electron chi connectivity index (χ0n) is 11.8. The zero-order valence-corrected chi connectivity index (χ0v) is 14.1. The van der Waals surface area contributed by atoms with Crippen molar-refractivity contribution in [3.63, 3.8) is 0 Å². The van der Waals surface area contributed by atoms with E-state index in [1.54, 1.807) is 18.2 Å². The second-order valence-electron chi connectivity index (χ2n) is 4.83. The maximum absolute atomic E-state index is 13.1. The Labute approximate surface area is 144 Å². The van der Waals surface area contributed by atoms with Crippen molar-refractivity contribution < 1.29 is 9.13 Å². The van der Waals surface area contributed by atoms with Crippen LogP contribution in [0.15, 0.2) is 52.0 Å². The van der Waals surface area contributed by atoms with Crippen molar-refractivity contribution >= 4 is 38.4 Å². The third-order valence-electron chi connectivity index (χ3n) is 3.27. The van der Waals surface area contributed by atoms with Gasteiger partial charge in [-0.1, -0.05) is 11.6 Å². The van der Waals surface area contributed by atoms with Gasteiger partial charge in [-0.05, 0) is 46.3 Å². The largest absolute Gasteiger partial charge is 0.491 e. The predicted molar refractivity (Wildman–Crippen MR) is 90.6 cm³/mol. The lowest BCUT2D eigenvalue weighted by atomic mass is 10.2. The Balaban J connectivity index is 1.76. The molecule has 0 atom stereocenters. The summed E-state index contributed by atoms with van der Waals surface area (Å²) in [5.41, 5.74) is 0.112. The summed E-state index contributed by atoms with van der Waals surface area (Å²) in [4.78, 5) is 16.4. The average molecular weight is 398 g/mol. The highest BCUT2D eigenvalue weighted by Crippen LogP contribution is 2.27. The van der Waals surface area contributed by atoms with Crippen molar-refractivity contribution in [1.82, 2.24) is 9.55 Å². The molecule has 0 aliphatic carbocycles. The molecular weight excluding hydrogens is 387 g/mol. The Morgan fingerprint density at radius 2 is 2.09 bits per heavy atom. The van der Waals surface area contributed by atoms with E-state index in [1.165, 1.54) is 29.1 Å². The van der Waals surface area contributed by atoms with Crippen LogP contribution in [-0.2, 0) is 6.54 Å². The molecule has 3 rings (SSSR count). The first kappa shape index (κ1) is 16.0. The number of aromatic nitrogens is 2. The number of halogens is 3. The maximum Gasteiger partial charge on any atom is 0.261 e. The van der Waals surface area contributed by atoms with E-state index in [4.69, 9.17) is 16.3 Å². The zero-order chi connectivity index (χ0) is 16.4. The molecular formula is C16H11BrClFN2O2. The number of rotatable bonds is 4. The molecule has 1 heterocycles. The van der Waals surface area contributed by atoms with E-state index in [0.717, 1.165) is 4.47 Å². The van der Waals surface area contributed by atoms with Gasteiger partial charge in [0.05, 0.1) is 28.2 Å². The average Bonchev–Trinajstić information content (AvgIpc) is 2.51. The molecule has 4 nitrogen and oxygen atoms in total. The summed E-state index contributed by atoms with van der Waals surface area (Å²) in [6.45, 7) is 0.614. The lowest BCUT2D eigenvalue weighted by Crippen LogP contribution is -2.23. The van der Waals surface area contributed by atoms with Crippen LogP contribution in [0.25, 0.3) is 10.9 Å². The molecule has 3 aromatic rings. The lowest BCUT2D eigenvalue weighted by Gasteiger charge is -2.10. The summed E-state index contributed by atoms with van der Waals surface area (Å²) >= 11 is 9.23. The molecule has 0 fully saturated rings. The highest BCUT2D eigenvalue weighted by Gasteiger charge is 2.06. The van der Waals surface area contributed by atoms with Gasteiger partial charge in [-0.15, -0.1) is 0 Å². The van der Waals surface area contributed by atoms with Crippen LogP contribution in [-0.4, -0.2) is 16.2 Å². The van der Waals surface area contributed by atoms with Gasteiger partial charge in [0.1, 0.15) is 18.2 Å². The molecule has 0 N–H and O–H groups in total. The summed E-state index contributed by atoms with van der Waals surface area (Å²) in [6.07, 6.45) is 1.39. The van der Waals surface area contributed by atoms with Gasteiger partial charge in [-0.25, -0.2) is 9.37 Å². The van der Waals surface area contributed by atoms with Crippen LogP contribution in [0.4, 0.5) is 4.39 Å². The van der Waals surface area contributed by atoms with Crippen molar-refractivity contribution in [3.8, 4) is 5.75 Å². The lowest BCUT2D eigenvalue weighted by molar-refractivity contribution is 0.294. The second-order valence-corrected chi connectivity index (χ2v) is 6.12. The number of benzene rings is 2. The predicted octanol–water partition coefficient (Wildman–Crippen LogP) is 4.03. The van der Waals surface area contributed by atoms with Crippen molar-refractivity contribution in [1.29, 1.82) is 0 Å². The molecule has 1 aromatic heterocycles. The van der Waals surface area contributed by atoms with Crippen LogP contribution in [0.3, 0.4) is 0 Å². The van der Waals surface area contributed by atoms with Gasteiger partial charge in [0, 0.05) is 11.1 Å². The summed E-state index contributed by atoms with van der Waals surface area (Å²) in [5, 5.41) is 0.980. The normalized spacial score (nSPS) is 10.9. The first-order chi connectivity index (χ1) is 11.0. The molecule has 0 amide bonds. The maximum atomic E-state index is 13.1. The molecule has 0 aliphatic heterocycles. The van der Waals surface area contributed by atoms with Crippen LogP contribution in [0.2, 0.25) is 5.02 Å². The van der Waals surface area contributed by atoms with Gasteiger partial charge >= 0.3 is 0 Å². The quantitative estimate of drug-likeness (QED) is 0.668. The minimum Gasteiger partial charge on any atom is -0.491 e. The van der Waals surface area contributed by atoms with E-state index in [2.05, 4.69) is 20.9 Å². The molecule has 0 saturated heterocycles. The van der Waals surface area contributed by atoms with Gasteiger partial charge in [-0.2, -0.15) is 0 Å². The number of hydrogen-bond donors (Lipinski definition) is 0. The van der Waals surface area contributed by atoms with Crippen LogP contribution in [0.1, 0.15) is 0 Å². The minimum atomic E-state index is -0.418. The Morgan fingerprint density at radius 1 is 1.26 bits per heavy atom. The molecule has 0 radical (unpaired) electrons. The highest BCUT2D eigenvalue weighted by atomic mass is 79.9. The second kappa shape index (κ2) is 6.68. The van der Waals surface area contributed by atoms with Crippen LogP contribution in [0.5, 0.6) is 5.75 Å². The molecule has 118 valence electrons. The van der Waals surface area contributed by atoms with E-state index in [1.807, 2.05) is 0 Å². The van der Waals surface area contributed by atoms with Gasteiger partial charge in [0.15, 0.2) is 0 Å². The number of nitrogens with zero attached hydrogens (tertiary/aromatic N) is 2. The van der Waals surface area contributed by atoms with Crippen molar-refractivity contribution in [3.05, 3.63) is 68.4 Å². The Hall–Kier alpha value is -1.92. The Kier molecular flexibility index (Phi) is 4.63. The molecule has 0 saturated carbocycles. The molecule has 2 aromatic carbocycles. The molecule has 0 unspecified atom stereocenters. The van der Waals surface area contributed by atoms with E-state index < -0.39 is 5.82 Å². The van der Waals surface area contributed by atoms with Crippen LogP contribution in [0, 0.1) is 5.82 Å². The molecule has 0 spiro atoms. The first-order valence-electron chi connectivity index (χ1n) is 6.77. The van der Waals surface area contributed by atoms with Crippen molar-refractivity contribution in [2.75, 3.05) is 6.61 Å². The number of fused-ring (bicyclic) bond motifs is 1. The Bertz CT molecular complexity index is 930. The molecule has 0 bridgehead atoms. The van der Waals surface area contributed by atoms with Crippen LogP contribution >= 0.6 is 27.5 Å². The third-order valence-corrected chi connectivity index (χ3v) is 4.13. The topological polar surface area (TPSA) is 44.1 Å². The fourth-order valence-electron chi connectivity index (χ4n) is 2.14. The van der Waals surface area contributed by atoms with Crippen LogP contribution < -0.4 is 10.3 Å². The molecule has 0 aliphatic rings. The van der Waals surface area contributed by atoms with E-state index in [9.17, 15) is 9.18 Å². The van der Waals surface area contributed by atoms with E-state index in [0.29, 0.717) is 28.2 Å². The molecule has 7 heteroatoms. The summed E-state index contributed by atoms with van der Waals surface area (Å²) in [7, 11) is 0.